The lowest BCUT2D eigenvalue weighted by molar-refractivity contribution is 0.135. The minimum atomic E-state index is -0.139. The van der Waals surface area contributed by atoms with Crippen molar-refractivity contribution in [1.82, 2.24) is 4.90 Å². The molecule has 2 heterocycles. The van der Waals surface area contributed by atoms with Crippen molar-refractivity contribution >= 4 is 27.5 Å². The van der Waals surface area contributed by atoms with Gasteiger partial charge < -0.3 is 0 Å². The summed E-state index contributed by atoms with van der Waals surface area (Å²) in [6.45, 7) is 0.696. The molecule has 0 spiro atoms. The molecule has 4 heteroatoms. The lowest BCUT2D eigenvalue weighted by Crippen LogP contribution is -2.42. The van der Waals surface area contributed by atoms with Crippen LogP contribution in [-0.4, -0.2) is 21.8 Å². The predicted molar refractivity (Wildman–Crippen MR) is 75.7 cm³/mol. The van der Waals surface area contributed by atoms with E-state index in [-0.39, 0.29) is 5.82 Å². The van der Waals surface area contributed by atoms with Crippen LogP contribution in [-0.2, 0) is 6.54 Å². The monoisotopic (exact) mass is 331 g/mol. The highest BCUT2D eigenvalue weighted by molar-refractivity contribution is 9.09. The molecule has 0 aromatic heterocycles. The molecule has 0 saturated carbocycles. The molecule has 0 N–H and O–H groups in total. The van der Waals surface area contributed by atoms with Crippen LogP contribution in [0.4, 0.5) is 4.39 Å². The van der Waals surface area contributed by atoms with Crippen molar-refractivity contribution in [3.63, 3.8) is 0 Å². The maximum atomic E-state index is 13.8. The van der Waals surface area contributed by atoms with Gasteiger partial charge in [-0.05, 0) is 43.9 Å². The molecular weight excluding hydrogens is 317 g/mol. The molecule has 2 aliphatic heterocycles. The smallest absolute Gasteiger partial charge is 0.127 e. The predicted octanol–water partition coefficient (Wildman–Crippen LogP) is 4.37. The third-order valence-electron chi connectivity index (χ3n) is 4.19. The van der Waals surface area contributed by atoms with E-state index >= 15 is 0 Å². The summed E-state index contributed by atoms with van der Waals surface area (Å²) in [6, 6.07) is 6.05. The fourth-order valence-corrected chi connectivity index (χ4v) is 4.38. The van der Waals surface area contributed by atoms with Gasteiger partial charge in [0.15, 0.2) is 0 Å². The van der Waals surface area contributed by atoms with Crippen molar-refractivity contribution in [3.05, 3.63) is 34.6 Å². The van der Waals surface area contributed by atoms with E-state index in [1.54, 1.807) is 12.1 Å². The first-order chi connectivity index (χ1) is 8.63. The first-order valence-corrected chi connectivity index (χ1v) is 7.76. The summed E-state index contributed by atoms with van der Waals surface area (Å²) < 4.78 is 13.8. The molecule has 1 nitrogen and oxygen atoms in total. The molecule has 1 aromatic carbocycles. The third-order valence-corrected chi connectivity index (χ3v) is 5.17. The quantitative estimate of drug-likeness (QED) is 0.727. The second kappa shape index (κ2) is 5.10. The Morgan fingerprint density at radius 2 is 1.94 bits per heavy atom. The third kappa shape index (κ3) is 2.45. The van der Waals surface area contributed by atoms with Gasteiger partial charge in [-0.1, -0.05) is 27.5 Å². The van der Waals surface area contributed by atoms with Crippen molar-refractivity contribution < 1.29 is 4.39 Å². The fourth-order valence-electron chi connectivity index (χ4n) is 3.33. The molecule has 2 unspecified atom stereocenters. The largest absolute Gasteiger partial charge is 0.293 e. The van der Waals surface area contributed by atoms with Gasteiger partial charge in [0.1, 0.15) is 5.82 Å². The number of benzene rings is 1. The maximum Gasteiger partial charge on any atom is 0.127 e. The van der Waals surface area contributed by atoms with E-state index in [1.807, 2.05) is 0 Å². The zero-order valence-corrected chi connectivity index (χ0v) is 12.4. The minimum absolute atomic E-state index is 0.139. The Bertz CT molecular complexity index is 439. The standard InChI is InChI=1S/C14H16BrClFN/c15-10-6-12-2-3-13(7-10)18(12)8-9-5-11(16)1-4-14(9)17/h1,4-5,10,12-13H,2-3,6-8H2. The van der Waals surface area contributed by atoms with Crippen LogP contribution in [0.5, 0.6) is 0 Å². The van der Waals surface area contributed by atoms with E-state index in [0.717, 1.165) is 5.56 Å². The summed E-state index contributed by atoms with van der Waals surface area (Å²) in [4.78, 5) is 3.10. The molecule has 2 bridgehead atoms. The summed E-state index contributed by atoms with van der Waals surface area (Å²) in [6.07, 6.45) is 4.85. The summed E-state index contributed by atoms with van der Waals surface area (Å²) >= 11 is 9.68. The zero-order valence-electron chi connectivity index (χ0n) is 10.1. The van der Waals surface area contributed by atoms with Gasteiger partial charge in [-0.25, -0.2) is 4.39 Å². The number of hydrogen-bond acceptors (Lipinski definition) is 1. The molecule has 0 amide bonds. The number of fused-ring (bicyclic) bond motifs is 2. The van der Waals surface area contributed by atoms with Crippen molar-refractivity contribution in [2.75, 3.05) is 0 Å². The van der Waals surface area contributed by atoms with Gasteiger partial charge >= 0.3 is 0 Å². The fraction of sp³-hybridized carbons (Fsp3) is 0.571. The Labute approximate surface area is 120 Å². The zero-order chi connectivity index (χ0) is 12.7. The number of hydrogen-bond donors (Lipinski definition) is 0. The number of nitrogens with zero attached hydrogens (tertiary/aromatic N) is 1. The molecule has 0 aliphatic carbocycles. The topological polar surface area (TPSA) is 3.24 Å². The van der Waals surface area contributed by atoms with Gasteiger partial charge in [0.25, 0.3) is 0 Å². The number of piperidine rings is 1. The average molecular weight is 333 g/mol. The molecule has 98 valence electrons. The SMILES string of the molecule is Fc1ccc(Cl)cc1CN1C2CCC1CC(Br)C2. The number of halogens is 3. The minimum Gasteiger partial charge on any atom is -0.293 e. The highest BCUT2D eigenvalue weighted by atomic mass is 79.9. The normalized spacial score (nSPS) is 31.8. The Hall–Kier alpha value is -0.120. The Morgan fingerprint density at radius 3 is 2.61 bits per heavy atom. The maximum absolute atomic E-state index is 13.8. The molecule has 18 heavy (non-hydrogen) atoms. The summed E-state index contributed by atoms with van der Waals surface area (Å²) in [5, 5.41) is 0.620. The second-order valence-electron chi connectivity index (χ2n) is 5.36. The van der Waals surface area contributed by atoms with Crippen LogP contribution in [0.15, 0.2) is 18.2 Å². The second-order valence-corrected chi connectivity index (χ2v) is 7.09. The highest BCUT2D eigenvalue weighted by Crippen LogP contribution is 2.39. The molecular formula is C14H16BrClFN. The van der Waals surface area contributed by atoms with Crippen LogP contribution in [0.1, 0.15) is 31.2 Å². The lowest BCUT2D eigenvalue weighted by Gasteiger charge is -2.37. The van der Waals surface area contributed by atoms with Crippen LogP contribution in [0.3, 0.4) is 0 Å². The van der Waals surface area contributed by atoms with Crippen LogP contribution < -0.4 is 0 Å². The highest BCUT2D eigenvalue weighted by Gasteiger charge is 2.39. The number of rotatable bonds is 2. The summed E-state index contributed by atoms with van der Waals surface area (Å²) in [5.41, 5.74) is 0.729. The van der Waals surface area contributed by atoms with Crippen LogP contribution >= 0.6 is 27.5 Å². The van der Waals surface area contributed by atoms with Gasteiger partial charge in [-0.3, -0.25) is 4.90 Å². The number of alkyl halides is 1. The first-order valence-electron chi connectivity index (χ1n) is 6.47. The summed E-state index contributed by atoms with van der Waals surface area (Å²) in [7, 11) is 0. The molecule has 2 atom stereocenters. The van der Waals surface area contributed by atoms with E-state index in [4.69, 9.17) is 11.6 Å². The molecule has 0 radical (unpaired) electrons. The molecule has 2 aliphatic rings. The lowest BCUT2D eigenvalue weighted by atomic mass is 10.0. The van der Waals surface area contributed by atoms with Crippen molar-refractivity contribution in [1.29, 1.82) is 0 Å². The van der Waals surface area contributed by atoms with E-state index < -0.39 is 0 Å². The van der Waals surface area contributed by atoms with Crippen molar-refractivity contribution in [2.45, 2.75) is 49.1 Å². The van der Waals surface area contributed by atoms with E-state index in [1.165, 1.54) is 31.7 Å². The van der Waals surface area contributed by atoms with Crippen LogP contribution in [0, 0.1) is 5.82 Å². The van der Waals surface area contributed by atoms with E-state index in [9.17, 15) is 4.39 Å². The molecule has 1 aromatic rings. The van der Waals surface area contributed by atoms with Gasteiger partial charge in [-0.2, -0.15) is 0 Å². The molecule has 3 rings (SSSR count). The van der Waals surface area contributed by atoms with Crippen molar-refractivity contribution in [3.8, 4) is 0 Å². The van der Waals surface area contributed by atoms with Crippen LogP contribution in [0.25, 0.3) is 0 Å². The van der Waals surface area contributed by atoms with Crippen molar-refractivity contribution in [2.24, 2.45) is 0 Å². The van der Waals surface area contributed by atoms with E-state index in [2.05, 4.69) is 20.8 Å². The van der Waals surface area contributed by atoms with Gasteiger partial charge in [0, 0.05) is 34.0 Å². The average Bonchev–Trinajstić information content (AvgIpc) is 2.57. The van der Waals surface area contributed by atoms with Gasteiger partial charge in [-0.15, -0.1) is 0 Å². The van der Waals surface area contributed by atoms with E-state index in [0.29, 0.717) is 28.5 Å². The Kier molecular flexibility index (Phi) is 3.65. The van der Waals surface area contributed by atoms with Gasteiger partial charge in [0.05, 0.1) is 0 Å². The Balaban J connectivity index is 1.79. The molecule has 2 fully saturated rings. The first kappa shape index (κ1) is 12.9. The van der Waals surface area contributed by atoms with Crippen LogP contribution in [0.2, 0.25) is 5.02 Å². The van der Waals surface area contributed by atoms with Gasteiger partial charge in [0.2, 0.25) is 0 Å². The molecule has 2 saturated heterocycles. The summed E-state index contributed by atoms with van der Waals surface area (Å²) in [5.74, 6) is -0.139. The Morgan fingerprint density at radius 1 is 1.28 bits per heavy atom.